The number of halogens is 3. The molecule has 2 N–H and O–H groups in total. The zero-order chi connectivity index (χ0) is 19.6. The Morgan fingerprint density at radius 3 is 2.59 bits per heavy atom. The quantitative estimate of drug-likeness (QED) is 0.754. The predicted octanol–water partition coefficient (Wildman–Crippen LogP) is 2.90. The number of aromatic nitrogens is 2. The third-order valence-corrected chi connectivity index (χ3v) is 4.42. The van der Waals surface area contributed by atoms with E-state index in [0.29, 0.717) is 25.3 Å². The summed E-state index contributed by atoms with van der Waals surface area (Å²) in [4.78, 5) is 12.7. The van der Waals surface area contributed by atoms with Crippen molar-refractivity contribution in [2.45, 2.75) is 12.7 Å². The van der Waals surface area contributed by atoms with E-state index in [-0.39, 0.29) is 18.0 Å². The molecule has 27 heavy (non-hydrogen) atoms. The van der Waals surface area contributed by atoms with Crippen LogP contribution in [0.4, 0.5) is 24.7 Å². The number of anilines is 2. The Labute approximate surface area is 153 Å². The Morgan fingerprint density at radius 1 is 1.26 bits per heavy atom. The molecule has 9 heteroatoms. The summed E-state index contributed by atoms with van der Waals surface area (Å²) in [7, 11) is 0. The van der Waals surface area contributed by atoms with Crippen molar-refractivity contribution in [3.63, 3.8) is 0 Å². The summed E-state index contributed by atoms with van der Waals surface area (Å²) in [5.41, 5.74) is 0.0248. The first-order chi connectivity index (χ1) is 12.8. The van der Waals surface area contributed by atoms with Crippen LogP contribution < -0.4 is 10.2 Å². The van der Waals surface area contributed by atoms with Crippen LogP contribution in [0.1, 0.15) is 5.56 Å². The first kappa shape index (κ1) is 19.0. The van der Waals surface area contributed by atoms with Gasteiger partial charge in [-0.1, -0.05) is 6.58 Å². The van der Waals surface area contributed by atoms with Crippen molar-refractivity contribution in [3.8, 4) is 0 Å². The molecule has 0 radical (unpaired) electrons. The maximum atomic E-state index is 12.8. The lowest BCUT2D eigenvalue weighted by molar-refractivity contribution is -0.137. The van der Waals surface area contributed by atoms with Crippen molar-refractivity contribution in [2.24, 2.45) is 5.92 Å². The molecule has 3 rings (SSSR count). The molecule has 6 nitrogen and oxygen atoms in total. The van der Waals surface area contributed by atoms with Gasteiger partial charge in [0.05, 0.1) is 11.8 Å². The van der Waals surface area contributed by atoms with E-state index in [4.69, 9.17) is 5.11 Å². The molecule has 1 aliphatic heterocycles. The van der Waals surface area contributed by atoms with Gasteiger partial charge in [0.15, 0.2) is 0 Å². The van der Waals surface area contributed by atoms with E-state index in [2.05, 4.69) is 17.0 Å². The minimum Gasteiger partial charge on any atom is -0.478 e. The Morgan fingerprint density at radius 2 is 1.96 bits per heavy atom. The number of carboxylic acids is 1. The third-order valence-electron chi connectivity index (χ3n) is 4.42. The number of carboxylic acid groups (broad SMARTS) is 1. The second kappa shape index (κ2) is 7.43. The van der Waals surface area contributed by atoms with Crippen LogP contribution in [-0.4, -0.2) is 40.5 Å². The summed E-state index contributed by atoms with van der Waals surface area (Å²) in [5.74, 6) is -0.144. The lowest BCUT2D eigenvalue weighted by atomic mass is 10.1. The topological polar surface area (TPSA) is 70.4 Å². The molecular formula is C18H19F3N4O2. The Kier molecular flexibility index (Phi) is 5.22. The molecule has 0 fully saturated rings. The van der Waals surface area contributed by atoms with Gasteiger partial charge in [-0.25, -0.2) is 9.48 Å². The maximum absolute atomic E-state index is 12.8. The van der Waals surface area contributed by atoms with Crippen molar-refractivity contribution in [3.05, 3.63) is 54.2 Å². The van der Waals surface area contributed by atoms with Crippen molar-refractivity contribution in [2.75, 3.05) is 24.5 Å². The van der Waals surface area contributed by atoms with E-state index < -0.39 is 17.7 Å². The van der Waals surface area contributed by atoms with E-state index in [0.717, 1.165) is 18.0 Å². The molecule has 1 aromatic carbocycles. The largest absolute Gasteiger partial charge is 0.478 e. The first-order valence-electron chi connectivity index (χ1n) is 8.34. The lowest BCUT2D eigenvalue weighted by Crippen LogP contribution is -2.40. The van der Waals surface area contributed by atoms with E-state index in [1.165, 1.54) is 12.1 Å². The van der Waals surface area contributed by atoms with Crippen molar-refractivity contribution < 1.29 is 23.1 Å². The first-order valence-corrected chi connectivity index (χ1v) is 8.34. The summed E-state index contributed by atoms with van der Waals surface area (Å²) in [6.07, 6.45) is -2.73. The van der Waals surface area contributed by atoms with Crippen LogP contribution in [0.3, 0.4) is 0 Å². The van der Waals surface area contributed by atoms with Gasteiger partial charge in [-0.3, -0.25) is 0 Å². The Hall–Kier alpha value is -2.81. The van der Waals surface area contributed by atoms with Crippen molar-refractivity contribution in [1.82, 2.24) is 15.1 Å². The molecule has 1 aromatic heterocycles. The molecule has 2 heterocycles. The molecule has 0 amide bonds. The molecule has 1 atom stereocenters. The fourth-order valence-electron chi connectivity index (χ4n) is 3.05. The number of rotatable bonds is 6. The van der Waals surface area contributed by atoms with E-state index in [9.17, 15) is 18.0 Å². The van der Waals surface area contributed by atoms with Gasteiger partial charge < -0.3 is 15.3 Å². The minimum atomic E-state index is -4.37. The number of nitrogens with zero attached hydrogens (tertiary/aromatic N) is 3. The van der Waals surface area contributed by atoms with Gasteiger partial charge in [0.2, 0.25) is 0 Å². The summed E-state index contributed by atoms with van der Waals surface area (Å²) >= 11 is 0. The summed E-state index contributed by atoms with van der Waals surface area (Å²) in [6.45, 7) is 5.37. The molecule has 0 bridgehead atoms. The molecule has 0 saturated carbocycles. The van der Waals surface area contributed by atoms with E-state index in [1.807, 2.05) is 11.0 Å². The van der Waals surface area contributed by atoms with E-state index in [1.54, 1.807) is 10.9 Å². The summed E-state index contributed by atoms with van der Waals surface area (Å²) < 4.78 is 40.2. The number of benzene rings is 1. The second-order valence-corrected chi connectivity index (χ2v) is 6.43. The number of fused-ring (bicyclic) bond motifs is 1. The Balaban J connectivity index is 1.73. The lowest BCUT2D eigenvalue weighted by Gasteiger charge is -2.35. The highest BCUT2D eigenvalue weighted by molar-refractivity contribution is 5.86. The zero-order valence-electron chi connectivity index (χ0n) is 14.4. The summed E-state index contributed by atoms with van der Waals surface area (Å²) in [5, 5.41) is 16.2. The molecule has 0 spiro atoms. The standard InChI is InChI=1S/C18H19F3N4O2/c1-12(17(26)27)8-22-9-13-10-24(16-6-7-23-25(16)11-13)15-4-2-14(3-5-15)18(19,20)21/h2-7,13,22H,1,8-11H2,(H,26,27). The van der Waals surface area contributed by atoms with Gasteiger partial charge in [-0.2, -0.15) is 18.3 Å². The monoisotopic (exact) mass is 380 g/mol. The van der Waals surface area contributed by atoms with Gasteiger partial charge in [-0.05, 0) is 24.3 Å². The van der Waals surface area contributed by atoms with Crippen molar-refractivity contribution in [1.29, 1.82) is 0 Å². The average Bonchev–Trinajstić information content (AvgIpc) is 3.08. The Bertz CT molecular complexity index is 830. The van der Waals surface area contributed by atoms with Crippen LogP contribution in [0.2, 0.25) is 0 Å². The van der Waals surface area contributed by atoms with E-state index >= 15 is 0 Å². The normalized spacial score (nSPS) is 16.9. The number of hydrogen-bond donors (Lipinski definition) is 2. The number of alkyl halides is 3. The summed E-state index contributed by atoms with van der Waals surface area (Å²) in [6, 6.07) is 6.83. The minimum absolute atomic E-state index is 0.0742. The molecule has 144 valence electrons. The van der Waals surface area contributed by atoms with Gasteiger partial charge in [0, 0.05) is 49.4 Å². The van der Waals surface area contributed by atoms with Crippen molar-refractivity contribution >= 4 is 17.5 Å². The van der Waals surface area contributed by atoms with Crippen LogP contribution in [0, 0.1) is 5.92 Å². The fourth-order valence-corrected chi connectivity index (χ4v) is 3.05. The highest BCUT2D eigenvalue weighted by Crippen LogP contribution is 2.34. The molecule has 2 aromatic rings. The van der Waals surface area contributed by atoms with Gasteiger partial charge in [0.1, 0.15) is 5.82 Å². The van der Waals surface area contributed by atoms with Gasteiger partial charge in [-0.15, -0.1) is 0 Å². The van der Waals surface area contributed by atoms with Gasteiger partial charge in [0.25, 0.3) is 0 Å². The van der Waals surface area contributed by atoms with Crippen LogP contribution in [0.5, 0.6) is 0 Å². The third kappa shape index (κ3) is 4.30. The van der Waals surface area contributed by atoms with Crippen LogP contribution in [0.15, 0.2) is 48.7 Å². The molecule has 0 saturated heterocycles. The highest BCUT2D eigenvalue weighted by atomic mass is 19.4. The zero-order valence-corrected chi connectivity index (χ0v) is 14.4. The fraction of sp³-hybridized carbons (Fsp3) is 0.333. The number of carbonyl (C=O) groups is 1. The number of aliphatic carboxylic acids is 1. The second-order valence-electron chi connectivity index (χ2n) is 6.43. The molecule has 1 aliphatic rings. The van der Waals surface area contributed by atoms with Crippen LogP contribution in [-0.2, 0) is 17.5 Å². The van der Waals surface area contributed by atoms with Crippen LogP contribution >= 0.6 is 0 Å². The van der Waals surface area contributed by atoms with Gasteiger partial charge >= 0.3 is 12.1 Å². The maximum Gasteiger partial charge on any atom is 0.416 e. The number of nitrogens with one attached hydrogen (secondary N) is 1. The molecular weight excluding hydrogens is 361 g/mol. The number of hydrogen-bond acceptors (Lipinski definition) is 4. The molecule has 1 unspecified atom stereocenters. The molecule has 0 aliphatic carbocycles. The highest BCUT2D eigenvalue weighted by Gasteiger charge is 2.31. The smallest absolute Gasteiger partial charge is 0.416 e. The van der Waals surface area contributed by atoms with Crippen LogP contribution in [0.25, 0.3) is 0 Å². The predicted molar refractivity (Wildman–Crippen MR) is 93.8 cm³/mol. The SMILES string of the molecule is C=C(CNCC1CN(c2ccc(C(F)(F)F)cc2)c2ccnn2C1)C(=O)O. The average molecular weight is 380 g/mol.